The van der Waals surface area contributed by atoms with Crippen molar-refractivity contribution in [3.63, 3.8) is 0 Å². The van der Waals surface area contributed by atoms with Gasteiger partial charge in [0, 0.05) is 25.2 Å². The van der Waals surface area contributed by atoms with Crippen LogP contribution in [0, 0.1) is 11.8 Å². The predicted octanol–water partition coefficient (Wildman–Crippen LogP) is 4.23. The SMILES string of the molecule is C[C@H]1CCCN(Cc2ccc(C(=O)NCC3CCCCC3)cc2)C1. The molecular weight excluding hydrogens is 296 g/mol. The Morgan fingerprint density at radius 3 is 2.54 bits per heavy atom. The minimum atomic E-state index is 0.0821. The molecule has 1 saturated carbocycles. The Bertz CT molecular complexity index is 519. The maximum Gasteiger partial charge on any atom is 0.251 e. The number of carbonyl (C=O) groups excluding carboxylic acids is 1. The molecule has 2 fully saturated rings. The standard InChI is InChI=1S/C21H32N2O/c1-17-6-5-13-23(15-17)16-19-9-11-20(12-10-19)21(24)22-14-18-7-3-2-4-8-18/h9-12,17-18H,2-8,13-16H2,1H3,(H,22,24)/t17-/m0/s1. The van der Waals surface area contributed by atoms with Gasteiger partial charge in [0.05, 0.1) is 0 Å². The molecule has 0 radical (unpaired) electrons. The second-order valence-corrected chi connectivity index (χ2v) is 7.89. The highest BCUT2D eigenvalue weighted by Crippen LogP contribution is 2.23. The van der Waals surface area contributed by atoms with E-state index in [0.29, 0.717) is 5.92 Å². The fourth-order valence-electron chi connectivity index (χ4n) is 4.18. The first-order valence-electron chi connectivity index (χ1n) is 9.80. The van der Waals surface area contributed by atoms with Gasteiger partial charge in [-0.3, -0.25) is 9.69 Å². The van der Waals surface area contributed by atoms with Crippen LogP contribution in [0.2, 0.25) is 0 Å². The smallest absolute Gasteiger partial charge is 0.251 e. The van der Waals surface area contributed by atoms with E-state index in [1.807, 2.05) is 12.1 Å². The van der Waals surface area contributed by atoms with Gasteiger partial charge < -0.3 is 5.32 Å². The lowest BCUT2D eigenvalue weighted by molar-refractivity contribution is 0.0943. The molecule has 1 N–H and O–H groups in total. The molecule has 0 unspecified atom stereocenters. The van der Waals surface area contributed by atoms with Crippen LogP contribution >= 0.6 is 0 Å². The third kappa shape index (κ3) is 5.07. The van der Waals surface area contributed by atoms with Gasteiger partial charge in [0.25, 0.3) is 5.91 Å². The fourth-order valence-corrected chi connectivity index (χ4v) is 4.18. The van der Waals surface area contributed by atoms with Crippen LogP contribution in [-0.4, -0.2) is 30.4 Å². The number of carbonyl (C=O) groups is 1. The number of benzene rings is 1. The Labute approximate surface area is 146 Å². The Morgan fingerprint density at radius 1 is 1.08 bits per heavy atom. The molecule has 2 aliphatic rings. The zero-order chi connectivity index (χ0) is 16.8. The summed E-state index contributed by atoms with van der Waals surface area (Å²) in [5.41, 5.74) is 2.11. The molecule has 0 bridgehead atoms. The van der Waals surface area contributed by atoms with Crippen LogP contribution in [0.3, 0.4) is 0 Å². The topological polar surface area (TPSA) is 32.3 Å². The zero-order valence-corrected chi connectivity index (χ0v) is 15.1. The van der Waals surface area contributed by atoms with E-state index < -0.39 is 0 Å². The molecule has 1 aromatic rings. The van der Waals surface area contributed by atoms with E-state index in [-0.39, 0.29) is 5.91 Å². The lowest BCUT2D eigenvalue weighted by Gasteiger charge is -2.30. The summed E-state index contributed by atoms with van der Waals surface area (Å²) in [6, 6.07) is 8.21. The number of nitrogens with one attached hydrogen (secondary N) is 1. The van der Waals surface area contributed by atoms with E-state index in [2.05, 4.69) is 29.3 Å². The molecule has 3 heteroatoms. The second kappa shape index (κ2) is 8.66. The normalized spacial score (nSPS) is 23.1. The molecule has 1 aliphatic heterocycles. The van der Waals surface area contributed by atoms with Gasteiger partial charge in [-0.05, 0) is 61.8 Å². The zero-order valence-electron chi connectivity index (χ0n) is 15.1. The van der Waals surface area contributed by atoms with Crippen molar-refractivity contribution in [2.45, 2.75) is 58.4 Å². The average Bonchev–Trinajstić information content (AvgIpc) is 2.61. The molecule has 1 atom stereocenters. The maximum atomic E-state index is 12.3. The van der Waals surface area contributed by atoms with Crippen LogP contribution in [0.1, 0.15) is 67.8 Å². The monoisotopic (exact) mass is 328 g/mol. The lowest BCUT2D eigenvalue weighted by Crippen LogP contribution is -2.33. The highest BCUT2D eigenvalue weighted by molar-refractivity contribution is 5.94. The van der Waals surface area contributed by atoms with Crippen LogP contribution in [0.5, 0.6) is 0 Å². The highest BCUT2D eigenvalue weighted by Gasteiger charge is 2.17. The molecule has 1 saturated heterocycles. The summed E-state index contributed by atoms with van der Waals surface area (Å²) in [5.74, 6) is 1.57. The Balaban J connectivity index is 1.47. The minimum absolute atomic E-state index is 0.0821. The molecule has 132 valence electrons. The van der Waals surface area contributed by atoms with E-state index in [9.17, 15) is 4.79 Å². The third-order valence-corrected chi connectivity index (χ3v) is 5.64. The number of hydrogen-bond donors (Lipinski definition) is 1. The van der Waals surface area contributed by atoms with Gasteiger partial charge in [-0.1, -0.05) is 38.3 Å². The van der Waals surface area contributed by atoms with Crippen LogP contribution in [0.4, 0.5) is 0 Å². The van der Waals surface area contributed by atoms with Crippen LogP contribution in [0.15, 0.2) is 24.3 Å². The van der Waals surface area contributed by atoms with Crippen molar-refractivity contribution in [3.05, 3.63) is 35.4 Å². The predicted molar refractivity (Wildman–Crippen MR) is 99.0 cm³/mol. The Hall–Kier alpha value is -1.35. The van der Waals surface area contributed by atoms with E-state index in [4.69, 9.17) is 0 Å². The van der Waals surface area contributed by atoms with Gasteiger partial charge in [-0.15, -0.1) is 0 Å². The molecule has 0 aromatic heterocycles. The van der Waals surface area contributed by atoms with Crippen LogP contribution in [-0.2, 0) is 6.54 Å². The van der Waals surface area contributed by atoms with Crippen molar-refractivity contribution in [1.29, 1.82) is 0 Å². The summed E-state index contributed by atoms with van der Waals surface area (Å²) in [6.45, 7) is 6.59. The number of hydrogen-bond acceptors (Lipinski definition) is 2. The molecule has 1 heterocycles. The number of amides is 1. The molecule has 1 aromatic carbocycles. The Morgan fingerprint density at radius 2 is 1.83 bits per heavy atom. The molecule has 1 aliphatic carbocycles. The van der Waals surface area contributed by atoms with E-state index >= 15 is 0 Å². The largest absolute Gasteiger partial charge is 0.352 e. The number of nitrogens with zero attached hydrogens (tertiary/aromatic N) is 1. The lowest BCUT2D eigenvalue weighted by atomic mass is 9.89. The van der Waals surface area contributed by atoms with Crippen molar-refractivity contribution in [1.82, 2.24) is 10.2 Å². The summed E-state index contributed by atoms with van der Waals surface area (Å²) < 4.78 is 0. The minimum Gasteiger partial charge on any atom is -0.352 e. The van der Waals surface area contributed by atoms with Gasteiger partial charge >= 0.3 is 0 Å². The van der Waals surface area contributed by atoms with Crippen LogP contribution in [0.25, 0.3) is 0 Å². The van der Waals surface area contributed by atoms with Crippen molar-refractivity contribution in [2.24, 2.45) is 11.8 Å². The van der Waals surface area contributed by atoms with Crippen molar-refractivity contribution in [3.8, 4) is 0 Å². The molecular formula is C21H32N2O. The third-order valence-electron chi connectivity index (χ3n) is 5.64. The van der Waals surface area contributed by atoms with Crippen molar-refractivity contribution >= 4 is 5.91 Å². The molecule has 3 nitrogen and oxygen atoms in total. The second-order valence-electron chi connectivity index (χ2n) is 7.89. The molecule has 1 amide bonds. The quantitative estimate of drug-likeness (QED) is 0.877. The van der Waals surface area contributed by atoms with Crippen LogP contribution < -0.4 is 5.32 Å². The first-order valence-corrected chi connectivity index (χ1v) is 9.80. The maximum absolute atomic E-state index is 12.3. The van der Waals surface area contributed by atoms with Gasteiger partial charge in [0.2, 0.25) is 0 Å². The van der Waals surface area contributed by atoms with E-state index in [1.165, 1.54) is 63.6 Å². The highest BCUT2D eigenvalue weighted by atomic mass is 16.1. The average molecular weight is 329 g/mol. The van der Waals surface area contributed by atoms with Gasteiger partial charge in [-0.25, -0.2) is 0 Å². The number of rotatable bonds is 5. The number of piperidine rings is 1. The first-order chi connectivity index (χ1) is 11.7. The van der Waals surface area contributed by atoms with Crippen molar-refractivity contribution in [2.75, 3.05) is 19.6 Å². The van der Waals surface area contributed by atoms with E-state index in [0.717, 1.165) is 24.6 Å². The fraction of sp³-hybridized carbons (Fsp3) is 0.667. The van der Waals surface area contributed by atoms with Gasteiger partial charge in [0.1, 0.15) is 0 Å². The number of likely N-dealkylation sites (tertiary alicyclic amines) is 1. The summed E-state index contributed by atoms with van der Waals surface area (Å²) >= 11 is 0. The van der Waals surface area contributed by atoms with Crippen molar-refractivity contribution < 1.29 is 4.79 Å². The van der Waals surface area contributed by atoms with Gasteiger partial charge in [-0.2, -0.15) is 0 Å². The molecule has 3 rings (SSSR count). The summed E-state index contributed by atoms with van der Waals surface area (Å²) in [6.07, 6.45) is 9.22. The summed E-state index contributed by atoms with van der Waals surface area (Å²) in [4.78, 5) is 14.8. The van der Waals surface area contributed by atoms with E-state index in [1.54, 1.807) is 0 Å². The molecule has 24 heavy (non-hydrogen) atoms. The summed E-state index contributed by atoms with van der Waals surface area (Å²) in [7, 11) is 0. The first kappa shape index (κ1) is 17.5. The molecule has 0 spiro atoms. The van der Waals surface area contributed by atoms with Gasteiger partial charge in [0.15, 0.2) is 0 Å². The Kier molecular flexibility index (Phi) is 6.30. The summed E-state index contributed by atoms with van der Waals surface area (Å²) in [5, 5.41) is 3.13.